The zero-order valence-electron chi connectivity index (χ0n) is 5.50. The van der Waals surface area contributed by atoms with Crippen molar-refractivity contribution in [1.29, 1.82) is 0 Å². The van der Waals surface area contributed by atoms with Gasteiger partial charge in [-0.25, -0.2) is 0 Å². The molecular formula is C8H10S. The molecule has 0 fully saturated rings. The molecule has 0 aromatic carbocycles. The molecule has 0 N–H and O–H groups in total. The average molecular weight is 138 g/mol. The minimum absolute atomic E-state index is 1.12. The van der Waals surface area contributed by atoms with E-state index in [4.69, 9.17) is 0 Å². The first-order valence-corrected chi connectivity index (χ1v) is 4.06. The van der Waals surface area contributed by atoms with E-state index in [-0.39, 0.29) is 0 Å². The van der Waals surface area contributed by atoms with Crippen molar-refractivity contribution < 1.29 is 0 Å². The Morgan fingerprint density at radius 2 is 2.56 bits per heavy atom. The Morgan fingerprint density at radius 1 is 1.67 bits per heavy atom. The molecule has 0 saturated heterocycles. The summed E-state index contributed by atoms with van der Waals surface area (Å²) in [5.41, 5.74) is 1.32. The molecule has 0 nitrogen and oxygen atoms in total. The fourth-order valence-corrected chi connectivity index (χ4v) is 1.25. The number of thiophene rings is 1. The average Bonchev–Trinajstić information content (AvgIpc) is 2.34. The second kappa shape index (κ2) is 3.46. The number of hydrogen-bond acceptors (Lipinski definition) is 1. The number of rotatable bonds is 2. The molecule has 0 aliphatic rings. The van der Waals surface area contributed by atoms with E-state index in [0.717, 1.165) is 6.42 Å². The van der Waals surface area contributed by atoms with E-state index in [1.54, 1.807) is 11.3 Å². The van der Waals surface area contributed by atoms with Gasteiger partial charge in [0.15, 0.2) is 0 Å². The van der Waals surface area contributed by atoms with Gasteiger partial charge in [0.05, 0.1) is 0 Å². The van der Waals surface area contributed by atoms with Crippen molar-refractivity contribution in [1.82, 2.24) is 0 Å². The molecule has 1 aromatic heterocycles. The van der Waals surface area contributed by atoms with Crippen LogP contribution in [0.25, 0.3) is 6.08 Å². The third kappa shape index (κ3) is 2.02. The van der Waals surface area contributed by atoms with Crippen molar-refractivity contribution in [2.75, 3.05) is 0 Å². The minimum Gasteiger partial charge on any atom is -0.152 e. The van der Waals surface area contributed by atoms with Gasteiger partial charge in [-0.1, -0.05) is 19.1 Å². The molecule has 48 valence electrons. The SMILES string of the molecule is CC/C=C\c1ccsc1. The molecule has 1 heteroatoms. The van der Waals surface area contributed by atoms with E-state index in [9.17, 15) is 0 Å². The van der Waals surface area contributed by atoms with Crippen LogP contribution in [0.15, 0.2) is 22.9 Å². The summed E-state index contributed by atoms with van der Waals surface area (Å²) >= 11 is 1.74. The largest absolute Gasteiger partial charge is 0.152 e. The quantitative estimate of drug-likeness (QED) is 0.589. The molecule has 0 radical (unpaired) electrons. The molecular weight excluding hydrogens is 128 g/mol. The Bertz CT molecular complexity index is 172. The van der Waals surface area contributed by atoms with Gasteiger partial charge in [0.2, 0.25) is 0 Å². The number of hydrogen-bond donors (Lipinski definition) is 0. The first-order chi connectivity index (χ1) is 4.43. The van der Waals surface area contributed by atoms with E-state index in [1.807, 2.05) is 0 Å². The maximum Gasteiger partial charge on any atom is -0.00209 e. The zero-order valence-corrected chi connectivity index (χ0v) is 6.32. The van der Waals surface area contributed by atoms with Crippen LogP contribution >= 0.6 is 11.3 Å². The summed E-state index contributed by atoms with van der Waals surface area (Å²) in [4.78, 5) is 0. The second-order valence-electron chi connectivity index (χ2n) is 1.87. The first-order valence-electron chi connectivity index (χ1n) is 3.12. The highest BCUT2D eigenvalue weighted by Crippen LogP contribution is 2.07. The standard InChI is InChI=1S/C8H10S/c1-2-3-4-8-5-6-9-7-8/h3-7H,2H2,1H3/b4-3-. The van der Waals surface area contributed by atoms with Gasteiger partial charge in [0.1, 0.15) is 0 Å². The van der Waals surface area contributed by atoms with Gasteiger partial charge in [-0.15, -0.1) is 0 Å². The molecule has 0 aliphatic heterocycles. The van der Waals surface area contributed by atoms with Crippen LogP contribution in [0.3, 0.4) is 0 Å². The minimum atomic E-state index is 1.12. The number of allylic oxidation sites excluding steroid dienone is 1. The summed E-state index contributed by atoms with van der Waals surface area (Å²) in [5.74, 6) is 0. The molecule has 1 heterocycles. The smallest absolute Gasteiger partial charge is 0.00209 e. The summed E-state index contributed by atoms with van der Waals surface area (Å²) < 4.78 is 0. The van der Waals surface area contributed by atoms with Crippen molar-refractivity contribution >= 4 is 17.4 Å². The van der Waals surface area contributed by atoms with Gasteiger partial charge in [-0.05, 0) is 28.8 Å². The van der Waals surface area contributed by atoms with Crippen LogP contribution in [0.4, 0.5) is 0 Å². The topological polar surface area (TPSA) is 0 Å². The van der Waals surface area contributed by atoms with E-state index < -0.39 is 0 Å². The van der Waals surface area contributed by atoms with Crippen molar-refractivity contribution in [3.63, 3.8) is 0 Å². The van der Waals surface area contributed by atoms with E-state index in [0.29, 0.717) is 0 Å². The first kappa shape index (κ1) is 6.56. The maximum absolute atomic E-state index is 2.17. The van der Waals surface area contributed by atoms with E-state index >= 15 is 0 Å². The Balaban J connectivity index is 2.57. The Hall–Kier alpha value is -0.560. The summed E-state index contributed by atoms with van der Waals surface area (Å²) in [6, 6.07) is 2.12. The maximum atomic E-state index is 2.17. The molecule has 0 saturated carbocycles. The highest BCUT2D eigenvalue weighted by atomic mass is 32.1. The summed E-state index contributed by atoms with van der Waals surface area (Å²) in [6.07, 6.45) is 5.44. The van der Waals surface area contributed by atoms with Crippen molar-refractivity contribution in [3.05, 3.63) is 28.5 Å². The van der Waals surface area contributed by atoms with Gasteiger partial charge in [-0.2, -0.15) is 11.3 Å². The van der Waals surface area contributed by atoms with Crippen LogP contribution in [-0.2, 0) is 0 Å². The molecule has 1 rings (SSSR count). The normalized spacial score (nSPS) is 10.8. The Kier molecular flexibility index (Phi) is 2.52. The lowest BCUT2D eigenvalue weighted by atomic mass is 10.3. The lowest BCUT2D eigenvalue weighted by Crippen LogP contribution is -1.57. The Morgan fingerprint density at radius 3 is 3.11 bits per heavy atom. The van der Waals surface area contributed by atoms with Gasteiger partial charge in [0.25, 0.3) is 0 Å². The van der Waals surface area contributed by atoms with Crippen LogP contribution < -0.4 is 0 Å². The lowest BCUT2D eigenvalue weighted by molar-refractivity contribution is 1.23. The van der Waals surface area contributed by atoms with Gasteiger partial charge >= 0.3 is 0 Å². The lowest BCUT2D eigenvalue weighted by Gasteiger charge is -1.78. The summed E-state index contributed by atoms with van der Waals surface area (Å²) in [5, 5.41) is 4.24. The van der Waals surface area contributed by atoms with Crippen LogP contribution in [0.5, 0.6) is 0 Å². The van der Waals surface area contributed by atoms with Crippen LogP contribution in [0.1, 0.15) is 18.9 Å². The Labute approximate surface area is 59.8 Å². The van der Waals surface area contributed by atoms with Crippen molar-refractivity contribution in [2.24, 2.45) is 0 Å². The second-order valence-corrected chi connectivity index (χ2v) is 2.65. The molecule has 0 bridgehead atoms. The monoisotopic (exact) mass is 138 g/mol. The molecule has 9 heavy (non-hydrogen) atoms. The van der Waals surface area contributed by atoms with Crippen molar-refractivity contribution in [2.45, 2.75) is 13.3 Å². The summed E-state index contributed by atoms with van der Waals surface area (Å²) in [6.45, 7) is 2.14. The van der Waals surface area contributed by atoms with Gasteiger partial charge in [0, 0.05) is 0 Å². The van der Waals surface area contributed by atoms with E-state index in [2.05, 4.69) is 35.9 Å². The van der Waals surface area contributed by atoms with Crippen LogP contribution in [0.2, 0.25) is 0 Å². The van der Waals surface area contributed by atoms with E-state index in [1.165, 1.54) is 5.56 Å². The van der Waals surface area contributed by atoms with Gasteiger partial charge in [-0.3, -0.25) is 0 Å². The highest BCUT2D eigenvalue weighted by Gasteiger charge is 1.81. The fraction of sp³-hybridized carbons (Fsp3) is 0.250. The van der Waals surface area contributed by atoms with Crippen LogP contribution in [0, 0.1) is 0 Å². The van der Waals surface area contributed by atoms with Gasteiger partial charge < -0.3 is 0 Å². The van der Waals surface area contributed by atoms with Crippen LogP contribution in [-0.4, -0.2) is 0 Å². The molecule has 0 atom stereocenters. The zero-order chi connectivity index (χ0) is 6.53. The summed E-state index contributed by atoms with van der Waals surface area (Å²) in [7, 11) is 0. The predicted molar refractivity (Wildman–Crippen MR) is 43.6 cm³/mol. The molecule has 0 spiro atoms. The molecule has 0 aliphatic carbocycles. The molecule has 0 unspecified atom stereocenters. The van der Waals surface area contributed by atoms with Crippen molar-refractivity contribution in [3.8, 4) is 0 Å². The third-order valence-electron chi connectivity index (χ3n) is 1.09. The third-order valence-corrected chi connectivity index (χ3v) is 1.79. The predicted octanol–water partition coefficient (Wildman–Crippen LogP) is 3.17. The molecule has 0 amide bonds. The molecule has 1 aromatic rings. The highest BCUT2D eigenvalue weighted by molar-refractivity contribution is 7.08. The fourth-order valence-electron chi connectivity index (χ4n) is 0.624.